The predicted octanol–water partition coefficient (Wildman–Crippen LogP) is 6.11. The highest BCUT2D eigenvalue weighted by Gasteiger charge is 2.39. The minimum atomic E-state index is -0.116. The third-order valence-electron chi connectivity index (χ3n) is 3.89. The number of rotatable bonds is 6. The van der Waals surface area contributed by atoms with Gasteiger partial charge in [0.1, 0.15) is 4.93 Å². The van der Waals surface area contributed by atoms with E-state index in [1.54, 1.807) is 0 Å². The van der Waals surface area contributed by atoms with E-state index in [0.29, 0.717) is 0 Å². The van der Waals surface area contributed by atoms with Crippen LogP contribution in [-0.4, -0.2) is 11.9 Å². The van der Waals surface area contributed by atoms with Gasteiger partial charge in [0.2, 0.25) is 0 Å². The van der Waals surface area contributed by atoms with Crippen LogP contribution in [0.25, 0.3) is 0 Å². The van der Waals surface area contributed by atoms with Crippen LogP contribution in [0.15, 0.2) is 28.7 Å². The van der Waals surface area contributed by atoms with Crippen molar-refractivity contribution in [2.45, 2.75) is 62.6 Å². The Kier molecular flexibility index (Phi) is 6.44. The zero-order chi connectivity index (χ0) is 14.4. The number of thioether (sulfide) groups is 1. The lowest BCUT2D eigenvalue weighted by Gasteiger charge is -2.41. The Bertz CT molecular complexity index is 404. The summed E-state index contributed by atoms with van der Waals surface area (Å²) in [5.41, 5.74) is 1.33. The van der Waals surface area contributed by atoms with E-state index in [-0.39, 0.29) is 4.93 Å². The first-order chi connectivity index (χ1) is 9.70. The lowest BCUT2D eigenvalue weighted by molar-refractivity contribution is 0.00362. The summed E-state index contributed by atoms with van der Waals surface area (Å²) >= 11 is 5.59. The maximum absolute atomic E-state index is 6.32. The lowest BCUT2D eigenvalue weighted by Crippen LogP contribution is -2.34. The average Bonchev–Trinajstić information content (AvgIpc) is 2.46. The Morgan fingerprint density at radius 3 is 2.65 bits per heavy atom. The molecule has 1 heterocycles. The first kappa shape index (κ1) is 16.4. The van der Waals surface area contributed by atoms with Crippen molar-refractivity contribution in [3.8, 4) is 0 Å². The Balaban J connectivity index is 2.22. The van der Waals surface area contributed by atoms with Crippen molar-refractivity contribution in [1.29, 1.82) is 0 Å². The van der Waals surface area contributed by atoms with Crippen LogP contribution in [0.1, 0.15) is 57.9 Å². The van der Waals surface area contributed by atoms with Crippen LogP contribution in [0.2, 0.25) is 0 Å². The number of halogens is 1. The first-order valence-corrected chi connectivity index (χ1v) is 9.45. The van der Waals surface area contributed by atoms with Crippen molar-refractivity contribution in [3.05, 3.63) is 34.3 Å². The van der Waals surface area contributed by atoms with Gasteiger partial charge in [-0.2, -0.15) is 0 Å². The molecule has 3 heteroatoms. The molecule has 112 valence electrons. The van der Waals surface area contributed by atoms with Gasteiger partial charge in [-0.3, -0.25) is 0 Å². The summed E-state index contributed by atoms with van der Waals surface area (Å²) in [7, 11) is 0. The highest BCUT2D eigenvalue weighted by molar-refractivity contribution is 9.10. The second kappa shape index (κ2) is 7.86. The Hall–Kier alpha value is 0.01000. The molecule has 2 unspecified atom stereocenters. The fourth-order valence-electron chi connectivity index (χ4n) is 2.78. The highest BCUT2D eigenvalue weighted by Crippen LogP contribution is 2.49. The summed E-state index contributed by atoms with van der Waals surface area (Å²) in [6.45, 7) is 5.44. The SMILES string of the molecule is CCCCC1(c2ccc(Br)cc2)OCCC(CCC)S1. The maximum Gasteiger partial charge on any atom is 0.139 e. The number of hydrogen-bond acceptors (Lipinski definition) is 2. The van der Waals surface area contributed by atoms with Crippen molar-refractivity contribution in [2.24, 2.45) is 0 Å². The van der Waals surface area contributed by atoms with Crippen LogP contribution in [0.5, 0.6) is 0 Å². The van der Waals surface area contributed by atoms with Crippen LogP contribution >= 0.6 is 27.7 Å². The second-order valence-electron chi connectivity index (χ2n) is 5.53. The molecule has 1 aliphatic heterocycles. The summed E-state index contributed by atoms with van der Waals surface area (Å²) in [5, 5.41) is 0.745. The second-order valence-corrected chi connectivity index (χ2v) is 8.01. The largest absolute Gasteiger partial charge is 0.360 e. The number of unbranched alkanes of at least 4 members (excludes halogenated alkanes) is 1. The smallest absolute Gasteiger partial charge is 0.139 e. The number of ether oxygens (including phenoxy) is 1. The van der Waals surface area contributed by atoms with Gasteiger partial charge < -0.3 is 4.74 Å². The van der Waals surface area contributed by atoms with Gasteiger partial charge in [-0.05, 0) is 43.4 Å². The molecule has 1 aliphatic rings. The van der Waals surface area contributed by atoms with Gasteiger partial charge in [-0.15, -0.1) is 11.8 Å². The van der Waals surface area contributed by atoms with E-state index in [4.69, 9.17) is 4.74 Å². The van der Waals surface area contributed by atoms with E-state index in [1.165, 1.54) is 37.7 Å². The van der Waals surface area contributed by atoms with Gasteiger partial charge in [-0.1, -0.05) is 54.8 Å². The summed E-state index contributed by atoms with van der Waals surface area (Å²) in [4.78, 5) is -0.116. The Morgan fingerprint density at radius 2 is 2.00 bits per heavy atom. The lowest BCUT2D eigenvalue weighted by atomic mass is 10.0. The van der Waals surface area contributed by atoms with Gasteiger partial charge in [0.25, 0.3) is 0 Å². The molecule has 0 saturated carbocycles. The summed E-state index contributed by atoms with van der Waals surface area (Å²) in [6.07, 6.45) is 7.34. The average molecular weight is 357 g/mol. The van der Waals surface area contributed by atoms with E-state index < -0.39 is 0 Å². The van der Waals surface area contributed by atoms with E-state index in [0.717, 1.165) is 22.8 Å². The molecule has 1 fully saturated rings. The molecule has 0 N–H and O–H groups in total. The molecule has 0 radical (unpaired) electrons. The van der Waals surface area contributed by atoms with Crippen molar-refractivity contribution < 1.29 is 4.74 Å². The third kappa shape index (κ3) is 4.02. The van der Waals surface area contributed by atoms with E-state index in [2.05, 4.69) is 65.8 Å². The fraction of sp³-hybridized carbons (Fsp3) is 0.647. The zero-order valence-electron chi connectivity index (χ0n) is 12.5. The molecule has 2 rings (SSSR count). The van der Waals surface area contributed by atoms with Gasteiger partial charge in [0.05, 0.1) is 0 Å². The minimum Gasteiger partial charge on any atom is -0.360 e. The van der Waals surface area contributed by atoms with Gasteiger partial charge in [0.15, 0.2) is 0 Å². The Labute approximate surface area is 136 Å². The zero-order valence-corrected chi connectivity index (χ0v) is 14.9. The van der Waals surface area contributed by atoms with Crippen LogP contribution < -0.4 is 0 Å². The first-order valence-electron chi connectivity index (χ1n) is 7.78. The summed E-state index contributed by atoms with van der Waals surface area (Å²) < 4.78 is 7.45. The molecular formula is C17H25BrOS. The molecule has 1 aromatic carbocycles. The molecule has 1 saturated heterocycles. The molecule has 1 nitrogen and oxygen atoms in total. The molecule has 2 atom stereocenters. The molecule has 0 amide bonds. The predicted molar refractivity (Wildman–Crippen MR) is 92.2 cm³/mol. The van der Waals surface area contributed by atoms with Crippen molar-refractivity contribution in [2.75, 3.05) is 6.61 Å². The standard InChI is InChI=1S/C17H25BrOS/c1-3-5-12-17(14-7-9-15(18)10-8-14)19-13-11-16(20-17)6-4-2/h7-10,16H,3-6,11-13H2,1-2H3. The van der Waals surface area contributed by atoms with Crippen LogP contribution in [0.3, 0.4) is 0 Å². The van der Waals surface area contributed by atoms with E-state index in [1.807, 2.05) is 0 Å². The maximum atomic E-state index is 6.32. The normalized spacial score (nSPS) is 26.6. The molecular weight excluding hydrogens is 332 g/mol. The fourth-order valence-corrected chi connectivity index (χ4v) is 4.84. The molecule has 0 spiro atoms. The van der Waals surface area contributed by atoms with Crippen molar-refractivity contribution in [1.82, 2.24) is 0 Å². The third-order valence-corrected chi connectivity index (χ3v) is 6.16. The summed E-state index contributed by atoms with van der Waals surface area (Å²) in [6, 6.07) is 8.72. The van der Waals surface area contributed by atoms with Crippen molar-refractivity contribution in [3.63, 3.8) is 0 Å². The van der Waals surface area contributed by atoms with Crippen molar-refractivity contribution >= 4 is 27.7 Å². The monoisotopic (exact) mass is 356 g/mol. The molecule has 20 heavy (non-hydrogen) atoms. The van der Waals surface area contributed by atoms with Gasteiger partial charge in [-0.25, -0.2) is 0 Å². The van der Waals surface area contributed by atoms with Gasteiger partial charge in [0, 0.05) is 16.3 Å². The molecule has 1 aromatic rings. The topological polar surface area (TPSA) is 9.23 Å². The Morgan fingerprint density at radius 1 is 1.25 bits per heavy atom. The molecule has 0 bridgehead atoms. The quantitative estimate of drug-likeness (QED) is 0.607. The minimum absolute atomic E-state index is 0.116. The summed E-state index contributed by atoms with van der Waals surface area (Å²) in [5.74, 6) is 0. The number of benzene rings is 1. The van der Waals surface area contributed by atoms with Gasteiger partial charge >= 0.3 is 0 Å². The van der Waals surface area contributed by atoms with Crippen LogP contribution in [-0.2, 0) is 9.67 Å². The van der Waals surface area contributed by atoms with E-state index >= 15 is 0 Å². The number of hydrogen-bond donors (Lipinski definition) is 0. The van der Waals surface area contributed by atoms with Crippen LogP contribution in [0, 0.1) is 0 Å². The van der Waals surface area contributed by atoms with Crippen LogP contribution in [0.4, 0.5) is 0 Å². The van der Waals surface area contributed by atoms with E-state index in [9.17, 15) is 0 Å². The molecule has 0 aromatic heterocycles. The highest BCUT2D eigenvalue weighted by atomic mass is 79.9. The molecule has 0 aliphatic carbocycles.